The Bertz CT molecular complexity index is 981. The Kier molecular flexibility index (Phi) is 8.13. The van der Waals surface area contributed by atoms with Crippen LogP contribution in [0, 0.1) is 4.64 Å². The van der Waals surface area contributed by atoms with E-state index in [-0.39, 0.29) is 4.64 Å². The molecule has 13 nitrogen and oxygen atoms in total. The highest BCUT2D eigenvalue weighted by molar-refractivity contribution is 7.71. The van der Waals surface area contributed by atoms with Gasteiger partial charge in [0.15, 0.2) is 10.9 Å². The summed E-state index contributed by atoms with van der Waals surface area (Å²) in [5.74, 6) is 0.424. The van der Waals surface area contributed by atoms with Crippen molar-refractivity contribution in [3.05, 3.63) is 11.0 Å². The van der Waals surface area contributed by atoms with Gasteiger partial charge in [-0.3, -0.25) is 9.09 Å². The number of hydrogen-bond donors (Lipinski definition) is 7. The maximum absolute atomic E-state index is 10.9. The molecule has 3 heterocycles. The van der Waals surface area contributed by atoms with Crippen LogP contribution in [-0.4, -0.2) is 77.5 Å². The summed E-state index contributed by atoms with van der Waals surface area (Å²) in [5, 5.41) is 23.8. The second-order valence-corrected chi connectivity index (χ2v) is 8.83. The molecule has 4 atom stereocenters. The molecule has 0 saturated carbocycles. The lowest BCUT2D eigenvalue weighted by Crippen LogP contribution is -2.33. The zero-order valence-electron chi connectivity index (χ0n) is 16.6. The summed E-state index contributed by atoms with van der Waals surface area (Å²) in [7, 11) is -4.75. The van der Waals surface area contributed by atoms with E-state index in [1.807, 2.05) is 0 Å². The van der Waals surface area contributed by atoms with Gasteiger partial charge in [0.25, 0.3) is 0 Å². The minimum Gasteiger partial charge on any atom is -0.387 e. The number of aliphatic hydroxyl groups is 2. The average Bonchev–Trinajstić information content (AvgIpc) is 3.24. The van der Waals surface area contributed by atoms with E-state index in [9.17, 15) is 14.8 Å². The molecule has 0 radical (unpaired) electrons. The molecule has 8 N–H and O–H groups in total. The number of hydrogen-bond acceptors (Lipinski definition) is 10. The number of aromatic amines is 1. The number of unbranched alkanes of at least 4 members (excludes halogenated alkanes) is 3. The number of rotatable bonds is 11. The number of phosphoric ester groups is 1. The number of imidazole rings is 1. The number of aliphatic hydroxyl groups excluding tert-OH is 2. The highest BCUT2D eigenvalue weighted by Gasteiger charge is 2.45. The second-order valence-electron chi connectivity index (χ2n) is 7.20. The maximum atomic E-state index is 10.9. The van der Waals surface area contributed by atoms with Crippen molar-refractivity contribution in [3.63, 3.8) is 0 Å². The highest BCUT2D eigenvalue weighted by Crippen LogP contribution is 2.38. The van der Waals surface area contributed by atoms with Gasteiger partial charge in [0.05, 0.1) is 12.9 Å². The number of nitrogens with one attached hydrogen (secondary N) is 2. The highest BCUT2D eigenvalue weighted by atomic mass is 32.1. The van der Waals surface area contributed by atoms with Crippen molar-refractivity contribution in [1.29, 1.82) is 0 Å². The van der Waals surface area contributed by atoms with E-state index in [0.29, 0.717) is 30.2 Å². The summed E-state index contributed by atoms with van der Waals surface area (Å²) in [4.78, 5) is 29.2. The number of nitrogens with zero attached hydrogens (tertiary/aromatic N) is 3. The Hall–Kier alpha value is -1.48. The molecule has 2 aromatic rings. The van der Waals surface area contributed by atoms with Gasteiger partial charge in [-0.15, -0.1) is 0 Å². The number of nitrogens with two attached hydrogens (primary N) is 1. The van der Waals surface area contributed by atoms with Crippen LogP contribution in [0.25, 0.3) is 11.2 Å². The number of anilines is 1. The van der Waals surface area contributed by atoms with E-state index in [0.717, 1.165) is 25.7 Å². The van der Waals surface area contributed by atoms with Crippen molar-refractivity contribution in [1.82, 2.24) is 19.5 Å². The molecule has 15 heteroatoms. The van der Waals surface area contributed by atoms with Gasteiger partial charge < -0.3 is 40.8 Å². The zero-order valence-corrected chi connectivity index (χ0v) is 18.3. The van der Waals surface area contributed by atoms with Crippen LogP contribution < -0.4 is 11.1 Å². The first-order valence-corrected chi connectivity index (χ1v) is 11.8. The molecule has 1 aliphatic heterocycles. The third-order valence-corrected chi connectivity index (χ3v) is 5.66. The van der Waals surface area contributed by atoms with Gasteiger partial charge in [-0.2, -0.15) is 0 Å². The van der Waals surface area contributed by atoms with E-state index < -0.39 is 39.0 Å². The van der Waals surface area contributed by atoms with Crippen molar-refractivity contribution < 1.29 is 33.8 Å². The van der Waals surface area contributed by atoms with Crippen molar-refractivity contribution >= 4 is 37.2 Å². The van der Waals surface area contributed by atoms with E-state index in [1.54, 1.807) is 0 Å². The van der Waals surface area contributed by atoms with Crippen LogP contribution in [0.5, 0.6) is 0 Å². The standard InChI is InChI=1S/C16H27N6O7PS/c17-5-3-1-2-4-6-18-16-20-13-10(14(31)21-16)19-8-22(13)15-12(24)11(23)9(29-15)7-28-30(25,26)27/h8-9,11-12,15,23-24H,1-7,17H2,(H2,25,26,27)(H2,18,20,21,31)/t9-,11?,12+,15-/m1/s1. The Labute approximate surface area is 182 Å². The number of phosphoric acid groups is 1. The second kappa shape index (κ2) is 10.4. The lowest BCUT2D eigenvalue weighted by Gasteiger charge is -2.17. The fraction of sp³-hybridized carbons (Fsp3) is 0.688. The van der Waals surface area contributed by atoms with Gasteiger partial charge in [0, 0.05) is 6.54 Å². The van der Waals surface area contributed by atoms with Crippen LogP contribution in [0.15, 0.2) is 6.33 Å². The first kappa shape index (κ1) is 24.2. The van der Waals surface area contributed by atoms with Crippen molar-refractivity contribution in [2.75, 3.05) is 25.0 Å². The summed E-state index contributed by atoms with van der Waals surface area (Å²) >= 11 is 5.30. The van der Waals surface area contributed by atoms with Crippen LogP contribution in [0.2, 0.25) is 0 Å². The van der Waals surface area contributed by atoms with E-state index >= 15 is 0 Å². The molecule has 174 valence electrons. The number of aromatic nitrogens is 4. The van der Waals surface area contributed by atoms with Gasteiger partial charge in [-0.05, 0) is 19.4 Å². The molecular weight excluding hydrogens is 451 g/mol. The summed E-state index contributed by atoms with van der Waals surface area (Å²) in [6.45, 7) is 0.754. The largest absolute Gasteiger partial charge is 0.469 e. The van der Waals surface area contributed by atoms with E-state index in [4.69, 9.17) is 32.5 Å². The number of ether oxygens (including phenoxy) is 1. The average molecular weight is 478 g/mol. The molecule has 0 aliphatic carbocycles. The summed E-state index contributed by atoms with van der Waals surface area (Å²) in [6, 6.07) is 0. The minimum atomic E-state index is -4.75. The Morgan fingerprint density at radius 3 is 2.74 bits per heavy atom. The molecule has 0 aromatic carbocycles. The molecule has 2 aromatic heterocycles. The molecule has 1 fully saturated rings. The van der Waals surface area contributed by atoms with E-state index in [1.165, 1.54) is 10.9 Å². The Balaban J connectivity index is 1.74. The Morgan fingerprint density at radius 1 is 1.29 bits per heavy atom. The summed E-state index contributed by atoms with van der Waals surface area (Å²) < 4.78 is 22.6. The molecule has 0 spiro atoms. The fourth-order valence-electron chi connectivity index (χ4n) is 3.31. The van der Waals surface area contributed by atoms with Gasteiger partial charge in [-0.25, -0.2) is 14.5 Å². The lowest BCUT2D eigenvalue weighted by molar-refractivity contribution is -0.0503. The lowest BCUT2D eigenvalue weighted by atomic mass is 10.1. The van der Waals surface area contributed by atoms with Crippen molar-refractivity contribution in [2.24, 2.45) is 5.73 Å². The van der Waals surface area contributed by atoms with Crippen molar-refractivity contribution in [3.8, 4) is 0 Å². The van der Waals surface area contributed by atoms with Crippen LogP contribution in [0.1, 0.15) is 31.9 Å². The van der Waals surface area contributed by atoms with Crippen LogP contribution in [0.4, 0.5) is 5.95 Å². The summed E-state index contributed by atoms with van der Waals surface area (Å²) in [5.41, 5.74) is 6.28. The molecule has 31 heavy (non-hydrogen) atoms. The molecule has 1 unspecified atom stereocenters. The quantitative estimate of drug-likeness (QED) is 0.131. The fourth-order valence-corrected chi connectivity index (χ4v) is 3.89. The molecule has 3 rings (SSSR count). The first-order valence-electron chi connectivity index (χ1n) is 9.83. The molecule has 1 saturated heterocycles. The number of fused-ring (bicyclic) bond motifs is 1. The minimum absolute atomic E-state index is 0.243. The normalized spacial score (nSPS) is 24.2. The zero-order chi connectivity index (χ0) is 22.6. The predicted molar refractivity (Wildman–Crippen MR) is 113 cm³/mol. The van der Waals surface area contributed by atoms with Gasteiger partial charge >= 0.3 is 7.82 Å². The van der Waals surface area contributed by atoms with Gasteiger partial charge in [-0.1, -0.05) is 25.1 Å². The monoisotopic (exact) mass is 478 g/mol. The van der Waals surface area contributed by atoms with Gasteiger partial charge in [0.1, 0.15) is 29.5 Å². The van der Waals surface area contributed by atoms with Crippen LogP contribution in [-0.2, 0) is 13.8 Å². The predicted octanol–water partition coefficient (Wildman–Crippen LogP) is 0.148. The number of H-pyrrole nitrogens is 1. The SMILES string of the molecule is NCCCCCCNc1nc(=S)c2ncn([C@@H]3O[C@H](COP(=O)(O)O)C(O)[C@@H]3O)c2[nH]1. The summed E-state index contributed by atoms with van der Waals surface area (Å²) in [6.07, 6.45) is 0.328. The van der Waals surface area contributed by atoms with Crippen molar-refractivity contribution in [2.45, 2.75) is 50.2 Å². The molecule has 1 aliphatic rings. The van der Waals surface area contributed by atoms with Crippen LogP contribution >= 0.6 is 20.0 Å². The Morgan fingerprint density at radius 2 is 2.03 bits per heavy atom. The topological polar surface area (TPSA) is 201 Å². The van der Waals surface area contributed by atoms with Crippen LogP contribution in [0.3, 0.4) is 0 Å². The van der Waals surface area contributed by atoms with E-state index in [2.05, 4.69) is 24.8 Å². The third-order valence-electron chi connectivity index (χ3n) is 4.89. The smallest absolute Gasteiger partial charge is 0.387 e. The molecular formula is C16H27N6O7PS. The molecule has 0 amide bonds. The maximum Gasteiger partial charge on any atom is 0.469 e. The first-order chi connectivity index (χ1) is 14.7. The van der Waals surface area contributed by atoms with Gasteiger partial charge in [0.2, 0.25) is 5.95 Å². The third kappa shape index (κ3) is 6.06. The molecule has 0 bridgehead atoms.